The Labute approximate surface area is 298 Å². The summed E-state index contributed by atoms with van der Waals surface area (Å²) >= 11 is 1.80. The first-order valence-corrected chi connectivity index (χ1v) is 21.7. The predicted molar refractivity (Wildman–Crippen MR) is 182 cm³/mol. The molecular weight excluding hydrogens is 671 g/mol. The molecule has 0 aliphatic heterocycles. The Morgan fingerprint density at radius 3 is 1.93 bits per heavy atom. The molecule has 0 N–H and O–H groups in total. The van der Waals surface area contributed by atoms with Crippen LogP contribution in [0.25, 0.3) is 5.57 Å². The van der Waals surface area contributed by atoms with Gasteiger partial charge in [-0.3, -0.25) is 0 Å². The summed E-state index contributed by atoms with van der Waals surface area (Å²) in [7, 11) is 0. The minimum absolute atomic E-state index is 0. The van der Waals surface area contributed by atoms with Crippen LogP contribution in [0, 0.1) is 33.5 Å². The van der Waals surface area contributed by atoms with E-state index in [1.165, 1.54) is 24.0 Å². The monoisotopic (exact) mass is 724 g/mol. The first-order chi connectivity index (χ1) is 19.5. The molecule has 0 nitrogen and oxygen atoms in total. The van der Waals surface area contributed by atoms with E-state index in [1.54, 1.807) is 51.5 Å². The van der Waals surface area contributed by atoms with Crippen molar-refractivity contribution in [1.29, 1.82) is 0 Å². The van der Waals surface area contributed by atoms with Gasteiger partial charge in [0.25, 0.3) is 0 Å². The van der Waals surface area contributed by atoms with Crippen molar-refractivity contribution >= 4 is 11.0 Å². The standard InChI is InChI=1S/C29H37.C6H14Si.C5H5.2ClH.Zr/c1-18-25-22-17-19-13-9-10-14-20(19)24(22)21-15-11-12-16-23(21)29(25,8)28(6,7)27(4,5)26(18,2)3;1-5(2)7-6(3)4;1-2-4-5-3-1;;;/h9-11,13-15,23H,12,16-17H2,1-8H3;5-6H,1-4H3;1-5H;2*1H;/q-1;;-1;;;+2/p-2. The van der Waals surface area contributed by atoms with Crippen molar-refractivity contribution in [3.8, 4) is 0 Å². The molecule has 6 rings (SSSR count). The fraction of sp³-hybridized carbons (Fsp3) is 0.550. The van der Waals surface area contributed by atoms with Crippen molar-refractivity contribution < 1.29 is 48.1 Å². The van der Waals surface area contributed by atoms with Crippen LogP contribution in [0.2, 0.25) is 11.1 Å². The number of hydrogen-bond acceptors (Lipinski definition) is 0. The maximum Gasteiger partial charge on any atom is -0.00969 e. The van der Waals surface area contributed by atoms with Crippen LogP contribution in [-0.4, -0.2) is 5.43 Å². The van der Waals surface area contributed by atoms with Crippen molar-refractivity contribution in [2.75, 3.05) is 0 Å². The maximum absolute atomic E-state index is 2.62. The summed E-state index contributed by atoms with van der Waals surface area (Å²) in [6.45, 7) is 29.7. The smallest absolute Gasteiger partial charge is 0.00969 e. The molecule has 2 aromatic carbocycles. The maximum atomic E-state index is 2.62. The van der Waals surface area contributed by atoms with Crippen LogP contribution in [0.5, 0.6) is 0 Å². The number of halogens is 2. The third kappa shape index (κ3) is 6.30. The van der Waals surface area contributed by atoms with Crippen LogP contribution < -0.4 is 24.8 Å². The molecule has 1 fully saturated rings. The number of benzene rings is 1. The Morgan fingerprint density at radius 1 is 0.864 bits per heavy atom. The van der Waals surface area contributed by atoms with Gasteiger partial charge in [0.05, 0.1) is 0 Å². The number of allylic oxidation sites excluding steroid dienone is 6. The Hall–Kier alpha value is -0.660. The van der Waals surface area contributed by atoms with E-state index in [0.29, 0.717) is 5.92 Å². The van der Waals surface area contributed by atoms with E-state index in [4.69, 9.17) is 0 Å². The molecule has 0 aromatic heterocycles. The van der Waals surface area contributed by atoms with Gasteiger partial charge in [-0.25, -0.2) is 18.1 Å². The molecule has 2 unspecified atom stereocenters. The molecule has 2 aromatic rings. The first-order valence-electron chi connectivity index (χ1n) is 16.4. The van der Waals surface area contributed by atoms with E-state index >= 15 is 0 Å². The molecule has 240 valence electrons. The van der Waals surface area contributed by atoms with Gasteiger partial charge in [0, 0.05) is 0 Å². The average Bonchev–Trinajstić information content (AvgIpc) is 3.64. The predicted octanol–water partition coefficient (Wildman–Crippen LogP) is 5.72. The number of fused-ring (bicyclic) bond motifs is 6. The summed E-state index contributed by atoms with van der Waals surface area (Å²) in [5, 5.41) is 0. The molecule has 0 bridgehead atoms. The quantitative estimate of drug-likeness (QED) is 0.275. The summed E-state index contributed by atoms with van der Waals surface area (Å²) in [5.74, 6) is 2.24. The number of hydrogen-bond donors (Lipinski definition) is 0. The van der Waals surface area contributed by atoms with Gasteiger partial charge in [-0.2, -0.15) is 29.3 Å². The van der Waals surface area contributed by atoms with Crippen molar-refractivity contribution in [3.05, 3.63) is 101 Å². The largest absolute Gasteiger partial charge is 1.00 e. The molecule has 1 saturated carbocycles. The Morgan fingerprint density at radius 2 is 1.43 bits per heavy atom. The van der Waals surface area contributed by atoms with Crippen molar-refractivity contribution in [2.24, 2.45) is 27.6 Å². The van der Waals surface area contributed by atoms with Crippen LogP contribution in [0.4, 0.5) is 0 Å². The van der Waals surface area contributed by atoms with E-state index in [-0.39, 0.29) is 51.9 Å². The van der Waals surface area contributed by atoms with Crippen LogP contribution in [0.15, 0.2) is 83.5 Å². The summed E-state index contributed by atoms with van der Waals surface area (Å²) in [5.41, 5.74) is 12.3. The Kier molecular flexibility index (Phi) is 13.1. The molecule has 2 atom stereocenters. The van der Waals surface area contributed by atoms with Gasteiger partial charge in [-0.05, 0) is 40.6 Å². The van der Waals surface area contributed by atoms with E-state index in [2.05, 4.69) is 120 Å². The van der Waals surface area contributed by atoms with E-state index in [9.17, 15) is 0 Å². The SMILES string of the molecule is CC(C)[Si](=[Zr+2])C(C)C.C[C-]1C2=C3Cc4ccccc4C3=C3C=CCCC3C2(C)C(C)(C)C(C)(C)C1(C)C.[Cl-].[Cl-].c1cc[cH-]c1. The molecule has 0 heterocycles. The second-order valence-corrected chi connectivity index (χ2v) is 23.0. The molecule has 0 saturated heterocycles. The second kappa shape index (κ2) is 14.6. The van der Waals surface area contributed by atoms with E-state index in [0.717, 1.165) is 17.5 Å². The fourth-order valence-electron chi connectivity index (χ4n) is 8.56. The molecule has 4 aliphatic carbocycles. The zero-order chi connectivity index (χ0) is 31.3. The minimum Gasteiger partial charge on any atom is -1.00 e. The molecule has 0 spiro atoms. The normalized spacial score (nSPS) is 24.8. The van der Waals surface area contributed by atoms with Crippen molar-refractivity contribution in [3.63, 3.8) is 0 Å². The summed E-state index contributed by atoms with van der Waals surface area (Å²) < 4.78 is 0. The summed E-state index contributed by atoms with van der Waals surface area (Å²) in [4.78, 5) is 0. The second-order valence-electron chi connectivity index (χ2n) is 15.5. The molecule has 4 heteroatoms. The van der Waals surface area contributed by atoms with Gasteiger partial charge in [-0.15, -0.1) is 6.92 Å². The van der Waals surface area contributed by atoms with Crippen molar-refractivity contribution in [2.45, 2.75) is 113 Å². The number of rotatable bonds is 2. The Bertz CT molecular complexity index is 1360. The van der Waals surface area contributed by atoms with Crippen LogP contribution >= 0.6 is 0 Å². The fourth-order valence-corrected chi connectivity index (χ4v) is 9.89. The van der Waals surface area contributed by atoms with Gasteiger partial charge < -0.3 is 24.8 Å². The van der Waals surface area contributed by atoms with Crippen LogP contribution in [0.1, 0.15) is 107 Å². The topological polar surface area (TPSA) is 0 Å². The van der Waals surface area contributed by atoms with E-state index in [1.807, 2.05) is 30.3 Å². The van der Waals surface area contributed by atoms with Crippen molar-refractivity contribution in [1.82, 2.24) is 0 Å². The minimum atomic E-state index is 0. The molecule has 4 aliphatic rings. The third-order valence-corrected chi connectivity index (χ3v) is 23.6. The Balaban J connectivity index is 0.000000378. The van der Waals surface area contributed by atoms with E-state index < -0.39 is 0 Å². The molecule has 0 radical (unpaired) electrons. The van der Waals surface area contributed by atoms with Crippen LogP contribution in [-0.2, 0) is 29.8 Å². The van der Waals surface area contributed by atoms with Gasteiger partial charge in [-0.1, -0.05) is 113 Å². The molecule has 0 amide bonds. The molecular formula is C40H56Cl2SiZr-2. The average molecular weight is 727 g/mol. The van der Waals surface area contributed by atoms with Gasteiger partial charge in [0.15, 0.2) is 0 Å². The first kappa shape index (κ1) is 39.5. The molecule has 44 heavy (non-hydrogen) atoms. The zero-order valence-corrected chi connectivity index (χ0v) is 34.4. The van der Waals surface area contributed by atoms with Gasteiger partial charge >= 0.3 is 67.5 Å². The van der Waals surface area contributed by atoms with Gasteiger partial charge in [0.2, 0.25) is 0 Å². The summed E-state index contributed by atoms with van der Waals surface area (Å²) in [6, 6.07) is 19.2. The summed E-state index contributed by atoms with van der Waals surface area (Å²) in [6.07, 6.45) is 8.50. The van der Waals surface area contributed by atoms with Crippen LogP contribution in [0.3, 0.4) is 0 Å². The van der Waals surface area contributed by atoms with Gasteiger partial charge in [0.1, 0.15) is 0 Å². The zero-order valence-electron chi connectivity index (χ0n) is 29.5. The third-order valence-electron chi connectivity index (χ3n) is 12.6.